The van der Waals surface area contributed by atoms with Gasteiger partial charge in [-0.05, 0) is 35.4 Å². The van der Waals surface area contributed by atoms with Crippen molar-refractivity contribution in [3.8, 4) is 5.75 Å². The van der Waals surface area contributed by atoms with E-state index in [1.54, 1.807) is 25.3 Å². The van der Waals surface area contributed by atoms with E-state index >= 15 is 0 Å². The lowest BCUT2D eigenvalue weighted by Gasteiger charge is -2.15. The predicted octanol–water partition coefficient (Wildman–Crippen LogP) is 2.75. The van der Waals surface area contributed by atoms with Crippen LogP contribution in [0.4, 0.5) is 4.39 Å². The Kier molecular flexibility index (Phi) is 4.90. The third-order valence-corrected chi connectivity index (χ3v) is 3.10. The molecule has 1 unspecified atom stereocenters. The summed E-state index contributed by atoms with van der Waals surface area (Å²) in [5.41, 5.74) is 1.30. The van der Waals surface area contributed by atoms with Crippen molar-refractivity contribution in [2.24, 2.45) is 0 Å². The average Bonchev–Trinajstić information content (AvgIpc) is 2.48. The van der Waals surface area contributed by atoms with Crippen molar-refractivity contribution >= 4 is 5.97 Å². The number of carboxylic acid groups (broad SMARTS) is 1. The van der Waals surface area contributed by atoms with Gasteiger partial charge in [0.2, 0.25) is 0 Å². The van der Waals surface area contributed by atoms with Gasteiger partial charge in [-0.25, -0.2) is 4.39 Å². The number of ether oxygens (including phenoxy) is 1. The molecular weight excluding hydrogens is 273 g/mol. The Morgan fingerprint density at radius 3 is 2.57 bits per heavy atom. The number of halogens is 1. The molecule has 0 aliphatic rings. The molecule has 0 aliphatic carbocycles. The zero-order valence-corrected chi connectivity index (χ0v) is 11.5. The predicted molar refractivity (Wildman–Crippen MR) is 76.6 cm³/mol. The summed E-state index contributed by atoms with van der Waals surface area (Å²) in [6.45, 7) is 0.359. The van der Waals surface area contributed by atoms with Gasteiger partial charge in [0.15, 0.2) is 0 Å². The first kappa shape index (κ1) is 15.0. The fourth-order valence-corrected chi connectivity index (χ4v) is 2.00. The summed E-state index contributed by atoms with van der Waals surface area (Å²) < 4.78 is 18.3. The van der Waals surface area contributed by atoms with Gasteiger partial charge >= 0.3 is 5.97 Å². The highest BCUT2D eigenvalue weighted by molar-refractivity contribution is 5.75. The van der Waals surface area contributed by atoms with Gasteiger partial charge in [-0.3, -0.25) is 10.1 Å². The number of rotatable bonds is 6. The molecule has 1 atom stereocenters. The summed E-state index contributed by atoms with van der Waals surface area (Å²) in [5.74, 6) is -0.766. The Morgan fingerprint density at radius 1 is 1.29 bits per heavy atom. The zero-order valence-electron chi connectivity index (χ0n) is 11.5. The summed E-state index contributed by atoms with van der Waals surface area (Å²) in [6.07, 6.45) is 0. The highest BCUT2D eigenvalue weighted by Gasteiger charge is 2.19. The van der Waals surface area contributed by atoms with Crippen molar-refractivity contribution in [2.75, 3.05) is 7.11 Å². The highest BCUT2D eigenvalue weighted by atomic mass is 19.1. The van der Waals surface area contributed by atoms with Gasteiger partial charge in [0.05, 0.1) is 7.11 Å². The molecule has 0 saturated heterocycles. The largest absolute Gasteiger partial charge is 0.497 e. The quantitative estimate of drug-likeness (QED) is 0.858. The van der Waals surface area contributed by atoms with Crippen LogP contribution in [0, 0.1) is 5.82 Å². The number of benzene rings is 2. The van der Waals surface area contributed by atoms with Crippen LogP contribution in [-0.2, 0) is 11.3 Å². The lowest BCUT2D eigenvalue weighted by Crippen LogP contribution is -2.28. The first-order chi connectivity index (χ1) is 10.1. The van der Waals surface area contributed by atoms with Gasteiger partial charge in [0.25, 0.3) is 0 Å². The summed E-state index contributed by atoms with van der Waals surface area (Å²) in [7, 11) is 1.58. The van der Waals surface area contributed by atoms with Crippen molar-refractivity contribution in [3.63, 3.8) is 0 Å². The number of carbonyl (C=O) groups is 1. The van der Waals surface area contributed by atoms with Crippen molar-refractivity contribution < 1.29 is 19.0 Å². The zero-order chi connectivity index (χ0) is 15.2. The smallest absolute Gasteiger partial charge is 0.325 e. The fourth-order valence-electron chi connectivity index (χ4n) is 2.00. The van der Waals surface area contributed by atoms with E-state index in [9.17, 15) is 14.3 Å². The number of hydrogen-bond donors (Lipinski definition) is 2. The molecular formula is C16H16FNO3. The minimum absolute atomic E-state index is 0.359. The molecule has 21 heavy (non-hydrogen) atoms. The third kappa shape index (κ3) is 4.03. The standard InChI is InChI=1S/C16H16FNO3/c1-21-14-7-5-11(6-8-14)10-18-15(16(19)20)12-3-2-4-13(17)9-12/h2-9,15,18H,10H2,1H3,(H,19,20). The Bertz CT molecular complexity index is 613. The third-order valence-electron chi connectivity index (χ3n) is 3.10. The van der Waals surface area contributed by atoms with Crippen LogP contribution in [0.15, 0.2) is 48.5 Å². The number of carboxylic acids is 1. The van der Waals surface area contributed by atoms with Gasteiger partial charge < -0.3 is 9.84 Å². The van der Waals surface area contributed by atoms with Crippen LogP contribution in [0.25, 0.3) is 0 Å². The molecule has 0 bridgehead atoms. The van der Waals surface area contributed by atoms with Gasteiger partial charge in [0, 0.05) is 6.54 Å². The highest BCUT2D eigenvalue weighted by Crippen LogP contribution is 2.16. The monoisotopic (exact) mass is 289 g/mol. The number of aliphatic carboxylic acids is 1. The molecule has 0 saturated carbocycles. The number of nitrogens with one attached hydrogen (secondary N) is 1. The number of methoxy groups -OCH3 is 1. The molecule has 2 rings (SSSR count). The second-order valence-corrected chi connectivity index (χ2v) is 4.56. The van der Waals surface area contributed by atoms with Crippen molar-refractivity contribution in [1.29, 1.82) is 0 Å². The van der Waals surface area contributed by atoms with Crippen LogP contribution in [-0.4, -0.2) is 18.2 Å². The minimum Gasteiger partial charge on any atom is -0.497 e. The summed E-state index contributed by atoms with van der Waals surface area (Å²) >= 11 is 0. The molecule has 4 nitrogen and oxygen atoms in total. The normalized spacial score (nSPS) is 11.9. The van der Waals surface area contributed by atoms with Crippen LogP contribution in [0.1, 0.15) is 17.2 Å². The molecule has 0 fully saturated rings. The van der Waals surface area contributed by atoms with Gasteiger partial charge in [0.1, 0.15) is 17.6 Å². The molecule has 2 aromatic rings. The molecule has 0 aromatic heterocycles. The molecule has 5 heteroatoms. The van der Waals surface area contributed by atoms with E-state index in [0.29, 0.717) is 12.1 Å². The van der Waals surface area contributed by atoms with E-state index in [-0.39, 0.29) is 0 Å². The summed E-state index contributed by atoms with van der Waals surface area (Å²) in [6, 6.07) is 11.9. The maximum Gasteiger partial charge on any atom is 0.325 e. The Hall–Kier alpha value is -2.40. The minimum atomic E-state index is -1.05. The van der Waals surface area contributed by atoms with Gasteiger partial charge in [-0.1, -0.05) is 24.3 Å². The topological polar surface area (TPSA) is 58.6 Å². The Morgan fingerprint density at radius 2 is 2.00 bits per heavy atom. The molecule has 2 aromatic carbocycles. The van der Waals surface area contributed by atoms with E-state index in [1.165, 1.54) is 18.2 Å². The van der Waals surface area contributed by atoms with Crippen molar-refractivity contribution in [1.82, 2.24) is 5.32 Å². The first-order valence-electron chi connectivity index (χ1n) is 6.44. The van der Waals surface area contributed by atoms with Crippen LogP contribution in [0.3, 0.4) is 0 Å². The number of hydrogen-bond acceptors (Lipinski definition) is 3. The summed E-state index contributed by atoms with van der Waals surface area (Å²) in [5, 5.41) is 12.2. The van der Waals surface area contributed by atoms with Gasteiger partial charge in [-0.2, -0.15) is 0 Å². The lowest BCUT2D eigenvalue weighted by molar-refractivity contribution is -0.139. The van der Waals surface area contributed by atoms with Crippen LogP contribution in [0.5, 0.6) is 5.75 Å². The Labute approximate surface area is 122 Å². The maximum absolute atomic E-state index is 13.2. The summed E-state index contributed by atoms with van der Waals surface area (Å²) in [4.78, 5) is 11.3. The van der Waals surface area contributed by atoms with Crippen molar-refractivity contribution in [2.45, 2.75) is 12.6 Å². The van der Waals surface area contributed by atoms with Crippen LogP contribution < -0.4 is 10.1 Å². The van der Waals surface area contributed by atoms with Crippen molar-refractivity contribution in [3.05, 3.63) is 65.5 Å². The van der Waals surface area contributed by atoms with Gasteiger partial charge in [-0.15, -0.1) is 0 Å². The van der Waals surface area contributed by atoms with E-state index in [1.807, 2.05) is 12.1 Å². The fraction of sp³-hybridized carbons (Fsp3) is 0.188. The van der Waals surface area contributed by atoms with E-state index in [2.05, 4.69) is 5.32 Å². The maximum atomic E-state index is 13.2. The molecule has 0 amide bonds. The molecule has 0 spiro atoms. The second-order valence-electron chi connectivity index (χ2n) is 4.56. The van der Waals surface area contributed by atoms with E-state index < -0.39 is 17.8 Å². The molecule has 0 heterocycles. The molecule has 2 N–H and O–H groups in total. The molecule has 0 radical (unpaired) electrons. The van der Waals surface area contributed by atoms with E-state index in [0.717, 1.165) is 11.3 Å². The lowest BCUT2D eigenvalue weighted by atomic mass is 10.1. The SMILES string of the molecule is COc1ccc(CNC(C(=O)O)c2cccc(F)c2)cc1. The molecule has 0 aliphatic heterocycles. The Balaban J connectivity index is 2.08. The molecule has 110 valence electrons. The van der Waals surface area contributed by atoms with Crippen LogP contribution >= 0.6 is 0 Å². The van der Waals surface area contributed by atoms with E-state index in [4.69, 9.17) is 4.74 Å². The van der Waals surface area contributed by atoms with Crippen LogP contribution in [0.2, 0.25) is 0 Å². The second kappa shape index (κ2) is 6.85. The first-order valence-corrected chi connectivity index (χ1v) is 6.44. The average molecular weight is 289 g/mol.